The van der Waals surface area contributed by atoms with E-state index in [2.05, 4.69) is 5.10 Å². The second kappa shape index (κ2) is 5.72. The SMILES string of the molecule is Cc1cnn(C[C@H]2CCCN2C(=O)[C@H]2Cc3ccccc3O2)c1. The molecular formula is C18H21N3O2. The highest BCUT2D eigenvalue weighted by Crippen LogP contribution is 2.30. The van der Waals surface area contributed by atoms with Crippen molar-refractivity contribution in [2.45, 2.75) is 44.9 Å². The molecule has 3 heterocycles. The van der Waals surface area contributed by atoms with Crippen LogP contribution >= 0.6 is 0 Å². The molecule has 1 saturated heterocycles. The van der Waals surface area contributed by atoms with Gasteiger partial charge in [0.25, 0.3) is 5.91 Å². The molecule has 1 aromatic heterocycles. The molecule has 2 aromatic rings. The Kier molecular flexibility index (Phi) is 3.56. The number of para-hydroxylation sites is 1. The molecule has 120 valence electrons. The molecule has 1 aromatic carbocycles. The first-order chi connectivity index (χ1) is 11.2. The number of aromatic nitrogens is 2. The molecule has 2 aliphatic rings. The van der Waals surface area contributed by atoms with Crippen LogP contribution in [0.15, 0.2) is 36.7 Å². The summed E-state index contributed by atoms with van der Waals surface area (Å²) in [5.41, 5.74) is 2.28. The smallest absolute Gasteiger partial charge is 0.264 e. The highest BCUT2D eigenvalue weighted by molar-refractivity contribution is 5.83. The summed E-state index contributed by atoms with van der Waals surface area (Å²) in [6.45, 7) is 3.61. The van der Waals surface area contributed by atoms with E-state index in [0.29, 0.717) is 6.42 Å². The fraction of sp³-hybridized carbons (Fsp3) is 0.444. The molecule has 0 radical (unpaired) electrons. The minimum Gasteiger partial charge on any atom is -0.480 e. The van der Waals surface area contributed by atoms with Crippen LogP contribution in [0.4, 0.5) is 0 Å². The molecule has 0 bridgehead atoms. The van der Waals surface area contributed by atoms with Gasteiger partial charge in [0.2, 0.25) is 0 Å². The predicted octanol–water partition coefficient (Wildman–Crippen LogP) is 2.19. The van der Waals surface area contributed by atoms with Crippen molar-refractivity contribution < 1.29 is 9.53 Å². The summed E-state index contributed by atoms with van der Waals surface area (Å²) in [6.07, 6.45) is 6.29. The lowest BCUT2D eigenvalue weighted by Gasteiger charge is -2.27. The highest BCUT2D eigenvalue weighted by Gasteiger charge is 2.37. The zero-order chi connectivity index (χ0) is 15.8. The largest absolute Gasteiger partial charge is 0.480 e. The predicted molar refractivity (Wildman–Crippen MR) is 86.3 cm³/mol. The van der Waals surface area contributed by atoms with Crippen LogP contribution in [0.25, 0.3) is 0 Å². The number of carbonyl (C=O) groups excluding carboxylic acids is 1. The fourth-order valence-corrected chi connectivity index (χ4v) is 3.60. The lowest BCUT2D eigenvalue weighted by atomic mass is 10.1. The van der Waals surface area contributed by atoms with Crippen LogP contribution in [0.1, 0.15) is 24.0 Å². The van der Waals surface area contributed by atoms with Gasteiger partial charge >= 0.3 is 0 Å². The number of likely N-dealkylation sites (tertiary alicyclic amines) is 1. The average Bonchev–Trinajstić information content (AvgIpc) is 3.26. The minimum atomic E-state index is -0.368. The van der Waals surface area contributed by atoms with Crippen molar-refractivity contribution in [2.75, 3.05) is 6.54 Å². The van der Waals surface area contributed by atoms with Crippen LogP contribution in [0.2, 0.25) is 0 Å². The number of hydrogen-bond acceptors (Lipinski definition) is 3. The van der Waals surface area contributed by atoms with Crippen LogP contribution in [0, 0.1) is 6.92 Å². The van der Waals surface area contributed by atoms with Gasteiger partial charge in [-0.15, -0.1) is 0 Å². The first kappa shape index (κ1) is 14.3. The van der Waals surface area contributed by atoms with E-state index in [9.17, 15) is 4.79 Å². The van der Waals surface area contributed by atoms with Gasteiger partial charge in [-0.1, -0.05) is 18.2 Å². The molecule has 0 aliphatic carbocycles. The molecule has 23 heavy (non-hydrogen) atoms. The van der Waals surface area contributed by atoms with E-state index in [1.165, 1.54) is 0 Å². The maximum atomic E-state index is 12.9. The Hall–Kier alpha value is -2.30. The monoisotopic (exact) mass is 311 g/mol. The van der Waals surface area contributed by atoms with Crippen LogP contribution in [-0.2, 0) is 17.8 Å². The second-order valence-corrected chi connectivity index (χ2v) is 6.49. The molecule has 5 heteroatoms. The van der Waals surface area contributed by atoms with Gasteiger partial charge in [0.15, 0.2) is 6.10 Å². The van der Waals surface area contributed by atoms with E-state index < -0.39 is 0 Å². The second-order valence-electron chi connectivity index (χ2n) is 6.49. The zero-order valence-corrected chi connectivity index (χ0v) is 13.3. The van der Waals surface area contributed by atoms with E-state index in [-0.39, 0.29) is 18.1 Å². The van der Waals surface area contributed by atoms with Crippen LogP contribution in [0.3, 0.4) is 0 Å². The molecule has 1 fully saturated rings. The molecule has 2 aliphatic heterocycles. The lowest BCUT2D eigenvalue weighted by molar-refractivity contribution is -0.139. The molecule has 4 rings (SSSR count). The number of rotatable bonds is 3. The van der Waals surface area contributed by atoms with Gasteiger partial charge in [0.05, 0.1) is 18.8 Å². The normalized spacial score (nSPS) is 22.9. The average molecular weight is 311 g/mol. The van der Waals surface area contributed by atoms with Gasteiger partial charge in [0.1, 0.15) is 5.75 Å². The number of ether oxygens (including phenoxy) is 1. The Morgan fingerprint density at radius 3 is 3.04 bits per heavy atom. The first-order valence-electron chi connectivity index (χ1n) is 8.25. The third-order valence-corrected chi connectivity index (χ3v) is 4.74. The first-order valence-corrected chi connectivity index (χ1v) is 8.25. The van der Waals surface area contributed by atoms with Crippen molar-refractivity contribution in [3.63, 3.8) is 0 Å². The van der Waals surface area contributed by atoms with Gasteiger partial charge in [0, 0.05) is 19.2 Å². The van der Waals surface area contributed by atoms with Crippen molar-refractivity contribution in [1.29, 1.82) is 0 Å². The van der Waals surface area contributed by atoms with Crippen LogP contribution in [0.5, 0.6) is 5.75 Å². The third kappa shape index (κ3) is 2.71. The number of amides is 1. The Labute approximate surface area is 135 Å². The van der Waals surface area contributed by atoms with Crippen molar-refractivity contribution >= 4 is 5.91 Å². The number of hydrogen-bond donors (Lipinski definition) is 0. The zero-order valence-electron chi connectivity index (χ0n) is 13.3. The summed E-state index contributed by atoms with van der Waals surface area (Å²) in [4.78, 5) is 14.9. The van der Waals surface area contributed by atoms with E-state index in [0.717, 1.165) is 42.8 Å². The Balaban J connectivity index is 1.45. The number of aryl methyl sites for hydroxylation is 1. The van der Waals surface area contributed by atoms with Gasteiger partial charge in [-0.25, -0.2) is 0 Å². The minimum absolute atomic E-state index is 0.118. The van der Waals surface area contributed by atoms with E-state index >= 15 is 0 Å². The lowest BCUT2D eigenvalue weighted by Crippen LogP contribution is -2.45. The molecule has 0 spiro atoms. The molecule has 5 nitrogen and oxygen atoms in total. The molecule has 1 amide bonds. The van der Waals surface area contributed by atoms with Gasteiger partial charge < -0.3 is 9.64 Å². The molecule has 0 unspecified atom stereocenters. The van der Waals surface area contributed by atoms with E-state index in [4.69, 9.17) is 4.74 Å². The topological polar surface area (TPSA) is 47.4 Å². The summed E-state index contributed by atoms with van der Waals surface area (Å²) < 4.78 is 7.81. The van der Waals surface area contributed by atoms with Crippen molar-refractivity contribution in [3.8, 4) is 5.75 Å². The third-order valence-electron chi connectivity index (χ3n) is 4.74. The highest BCUT2D eigenvalue weighted by atomic mass is 16.5. The summed E-state index contributed by atoms with van der Waals surface area (Å²) in [6, 6.07) is 8.14. The summed E-state index contributed by atoms with van der Waals surface area (Å²) in [7, 11) is 0. The fourth-order valence-electron chi connectivity index (χ4n) is 3.60. The Bertz CT molecular complexity index is 700. The maximum Gasteiger partial charge on any atom is 0.264 e. The number of carbonyl (C=O) groups is 1. The molecular weight excluding hydrogens is 290 g/mol. The summed E-state index contributed by atoms with van der Waals surface area (Å²) in [5, 5.41) is 4.35. The van der Waals surface area contributed by atoms with E-state index in [1.807, 2.05) is 53.2 Å². The number of nitrogens with zero attached hydrogens (tertiary/aromatic N) is 3. The van der Waals surface area contributed by atoms with Crippen molar-refractivity contribution in [3.05, 3.63) is 47.8 Å². The van der Waals surface area contributed by atoms with Gasteiger partial charge in [-0.05, 0) is 37.0 Å². The number of fused-ring (bicyclic) bond motifs is 1. The molecule has 0 N–H and O–H groups in total. The number of benzene rings is 1. The summed E-state index contributed by atoms with van der Waals surface area (Å²) >= 11 is 0. The van der Waals surface area contributed by atoms with Gasteiger partial charge in [-0.2, -0.15) is 5.10 Å². The Morgan fingerprint density at radius 1 is 1.39 bits per heavy atom. The molecule has 0 saturated carbocycles. The summed E-state index contributed by atoms with van der Waals surface area (Å²) in [5.74, 6) is 0.969. The standard InChI is InChI=1S/C18H21N3O2/c1-13-10-19-20(11-13)12-15-6-4-8-21(15)18(22)17-9-14-5-2-3-7-16(14)23-17/h2-3,5,7,10-11,15,17H,4,6,8-9,12H2,1H3/t15-,17-/m1/s1. The molecule has 2 atom stereocenters. The quantitative estimate of drug-likeness (QED) is 0.873. The van der Waals surface area contributed by atoms with Crippen LogP contribution < -0.4 is 4.74 Å². The maximum absolute atomic E-state index is 12.9. The Morgan fingerprint density at radius 2 is 2.26 bits per heavy atom. The van der Waals surface area contributed by atoms with E-state index in [1.54, 1.807) is 0 Å². The van der Waals surface area contributed by atoms with Crippen LogP contribution in [-0.4, -0.2) is 39.3 Å². The van der Waals surface area contributed by atoms with Gasteiger partial charge in [-0.3, -0.25) is 9.48 Å². The van der Waals surface area contributed by atoms with Crippen molar-refractivity contribution in [2.24, 2.45) is 0 Å². The van der Waals surface area contributed by atoms with Crippen molar-refractivity contribution in [1.82, 2.24) is 14.7 Å².